The van der Waals surface area contributed by atoms with E-state index in [9.17, 15) is 0 Å². The van der Waals surface area contributed by atoms with Gasteiger partial charge in [-0.05, 0) is 12.8 Å². The highest BCUT2D eigenvalue weighted by Crippen LogP contribution is 2.18. The number of ether oxygens (including phenoxy) is 1. The van der Waals surface area contributed by atoms with E-state index in [0.717, 1.165) is 13.2 Å². The van der Waals surface area contributed by atoms with Crippen molar-refractivity contribution in [3.8, 4) is 0 Å². The molecule has 332 valence electrons. The highest BCUT2D eigenvalue weighted by Gasteiger charge is 1.99. The minimum Gasteiger partial charge on any atom is -0.381 e. The zero-order chi connectivity index (χ0) is 39.5. The summed E-state index contributed by atoms with van der Waals surface area (Å²) in [5, 5.41) is 0. The zero-order valence-electron chi connectivity index (χ0n) is 39.2. The molecule has 0 saturated heterocycles. The van der Waals surface area contributed by atoms with Gasteiger partial charge in [0.2, 0.25) is 0 Å². The van der Waals surface area contributed by atoms with Crippen LogP contribution in [0, 0.1) is 0 Å². The van der Waals surface area contributed by atoms with Crippen molar-refractivity contribution in [2.45, 2.75) is 335 Å². The van der Waals surface area contributed by atoms with Gasteiger partial charge in [-0.1, -0.05) is 322 Å². The van der Waals surface area contributed by atoms with Gasteiger partial charge < -0.3 is 4.74 Å². The zero-order valence-corrected chi connectivity index (χ0v) is 39.2. The summed E-state index contributed by atoms with van der Waals surface area (Å²) in [4.78, 5) is 0. The van der Waals surface area contributed by atoms with Gasteiger partial charge in [-0.25, -0.2) is 0 Å². The Bertz CT molecular complexity index is 562. The molecule has 0 aromatic carbocycles. The number of hydrogen-bond donors (Lipinski definition) is 0. The fourth-order valence-electron chi connectivity index (χ4n) is 8.79. The topological polar surface area (TPSA) is 9.23 Å². The Kier molecular flexibility index (Phi) is 53.9. The molecule has 0 unspecified atom stereocenters. The fourth-order valence-corrected chi connectivity index (χ4v) is 8.79. The lowest BCUT2D eigenvalue weighted by Gasteiger charge is -2.06. The van der Waals surface area contributed by atoms with Gasteiger partial charge >= 0.3 is 0 Å². The largest absolute Gasteiger partial charge is 0.381 e. The van der Waals surface area contributed by atoms with Crippen molar-refractivity contribution in [1.82, 2.24) is 0 Å². The van der Waals surface area contributed by atoms with Crippen molar-refractivity contribution in [1.29, 1.82) is 0 Å². The molecule has 0 atom stereocenters. The summed E-state index contributed by atoms with van der Waals surface area (Å²) in [6, 6.07) is 0. The second-order valence-electron chi connectivity index (χ2n) is 18.6. The van der Waals surface area contributed by atoms with Crippen molar-refractivity contribution in [3.63, 3.8) is 0 Å². The first-order valence-corrected chi connectivity index (χ1v) is 27.0. The first-order valence-electron chi connectivity index (χ1n) is 27.0. The fraction of sp³-hybridized carbons (Fsp3) is 1.00. The second-order valence-corrected chi connectivity index (χ2v) is 18.6. The van der Waals surface area contributed by atoms with Crippen LogP contribution in [0.25, 0.3) is 0 Å². The summed E-state index contributed by atoms with van der Waals surface area (Å²) in [5.41, 5.74) is 0. The van der Waals surface area contributed by atoms with E-state index in [-0.39, 0.29) is 0 Å². The van der Waals surface area contributed by atoms with E-state index in [2.05, 4.69) is 13.8 Å². The molecule has 0 aliphatic carbocycles. The molecule has 0 saturated carbocycles. The van der Waals surface area contributed by atoms with E-state index in [1.165, 1.54) is 321 Å². The summed E-state index contributed by atoms with van der Waals surface area (Å²) < 4.78 is 5.94. The number of hydrogen-bond acceptors (Lipinski definition) is 1. The van der Waals surface area contributed by atoms with Gasteiger partial charge in [0.25, 0.3) is 0 Å². The maximum atomic E-state index is 5.94. The van der Waals surface area contributed by atoms with Crippen LogP contribution in [0.5, 0.6) is 0 Å². The summed E-state index contributed by atoms with van der Waals surface area (Å²) in [5.74, 6) is 0. The molecule has 0 rings (SSSR count). The van der Waals surface area contributed by atoms with Crippen LogP contribution in [0.1, 0.15) is 335 Å². The van der Waals surface area contributed by atoms with Crippen LogP contribution < -0.4 is 0 Å². The Hall–Kier alpha value is -0.0400. The Morgan fingerprint density at radius 1 is 0.145 bits per heavy atom. The van der Waals surface area contributed by atoms with Gasteiger partial charge in [0.15, 0.2) is 0 Å². The Balaban J connectivity index is 3.05. The molecule has 0 bridgehead atoms. The first-order chi connectivity index (χ1) is 27.4. The number of unbranched alkanes of at least 4 members (excludes halogenated alkanes) is 48. The van der Waals surface area contributed by atoms with E-state index in [0.29, 0.717) is 0 Å². The second kappa shape index (κ2) is 54.0. The molecule has 0 aliphatic rings. The van der Waals surface area contributed by atoms with E-state index < -0.39 is 0 Å². The molecule has 0 fully saturated rings. The molecule has 0 amide bonds. The Morgan fingerprint density at radius 2 is 0.255 bits per heavy atom. The van der Waals surface area contributed by atoms with Gasteiger partial charge in [0, 0.05) is 13.2 Å². The third-order valence-electron chi connectivity index (χ3n) is 12.8. The minimum absolute atomic E-state index is 0.999. The van der Waals surface area contributed by atoms with Crippen LogP contribution in [-0.4, -0.2) is 13.2 Å². The van der Waals surface area contributed by atoms with Crippen LogP contribution in [0.4, 0.5) is 0 Å². The summed E-state index contributed by atoms with van der Waals surface area (Å²) in [6.45, 7) is 6.62. The van der Waals surface area contributed by atoms with Crippen molar-refractivity contribution in [3.05, 3.63) is 0 Å². The smallest absolute Gasteiger partial charge is 0.0466 e. The monoisotopic (exact) mass is 775 g/mol. The van der Waals surface area contributed by atoms with Crippen LogP contribution in [0.2, 0.25) is 0 Å². The lowest BCUT2D eigenvalue weighted by molar-refractivity contribution is 0.125. The standard InChI is InChI=1S/C54H110O/c1-3-5-7-9-11-13-15-17-19-21-23-25-27-28-29-30-31-32-34-36-38-40-42-44-46-48-50-52-54-55-53-51-49-47-45-43-41-39-37-35-33-26-24-22-20-18-16-14-12-10-8-6-4-2/h3-54H2,1-2H3. The first kappa shape index (κ1) is 55.0. The average Bonchev–Trinajstić information content (AvgIpc) is 3.20. The highest BCUT2D eigenvalue weighted by atomic mass is 16.5. The van der Waals surface area contributed by atoms with Crippen LogP contribution in [0.3, 0.4) is 0 Å². The van der Waals surface area contributed by atoms with Crippen molar-refractivity contribution < 1.29 is 4.74 Å². The predicted octanol–water partition coefficient (Wildman–Crippen LogP) is 20.5. The molecule has 0 aromatic rings. The lowest BCUT2D eigenvalue weighted by atomic mass is 10.0. The maximum Gasteiger partial charge on any atom is 0.0466 e. The molecular weight excluding hydrogens is 665 g/mol. The summed E-state index contributed by atoms with van der Waals surface area (Å²) in [7, 11) is 0. The lowest BCUT2D eigenvalue weighted by Crippen LogP contribution is -1.97. The SMILES string of the molecule is CCCCCCCCCCCCCCCCCCCCCCCCCCCCCCOCCCCCCCCCCCCCCCCCCCCCCCC. The normalized spacial score (nSPS) is 11.7. The van der Waals surface area contributed by atoms with Crippen LogP contribution in [-0.2, 0) is 4.74 Å². The van der Waals surface area contributed by atoms with Crippen molar-refractivity contribution >= 4 is 0 Å². The Labute approximate surface area is 351 Å². The third kappa shape index (κ3) is 54.0. The van der Waals surface area contributed by atoms with Gasteiger partial charge in [-0.15, -0.1) is 0 Å². The predicted molar refractivity (Wildman–Crippen MR) is 253 cm³/mol. The third-order valence-corrected chi connectivity index (χ3v) is 12.8. The highest BCUT2D eigenvalue weighted by molar-refractivity contribution is 4.54. The van der Waals surface area contributed by atoms with Gasteiger partial charge in [-0.2, -0.15) is 0 Å². The molecule has 55 heavy (non-hydrogen) atoms. The van der Waals surface area contributed by atoms with Crippen LogP contribution >= 0.6 is 0 Å². The van der Waals surface area contributed by atoms with E-state index >= 15 is 0 Å². The maximum absolute atomic E-state index is 5.94. The van der Waals surface area contributed by atoms with E-state index in [4.69, 9.17) is 4.74 Å². The van der Waals surface area contributed by atoms with E-state index in [1.807, 2.05) is 0 Å². The van der Waals surface area contributed by atoms with Gasteiger partial charge in [-0.3, -0.25) is 0 Å². The van der Waals surface area contributed by atoms with Crippen LogP contribution in [0.15, 0.2) is 0 Å². The van der Waals surface area contributed by atoms with Gasteiger partial charge in [0.05, 0.1) is 0 Å². The molecule has 0 radical (unpaired) electrons. The van der Waals surface area contributed by atoms with E-state index in [1.54, 1.807) is 0 Å². The Morgan fingerprint density at radius 3 is 0.382 bits per heavy atom. The molecular formula is C54H110O. The molecule has 1 nitrogen and oxygen atoms in total. The summed E-state index contributed by atoms with van der Waals surface area (Å²) in [6.07, 6.45) is 72.9. The van der Waals surface area contributed by atoms with Gasteiger partial charge in [0.1, 0.15) is 0 Å². The molecule has 0 aromatic heterocycles. The number of rotatable bonds is 52. The molecule has 0 N–H and O–H groups in total. The van der Waals surface area contributed by atoms with Crippen molar-refractivity contribution in [2.24, 2.45) is 0 Å². The molecule has 1 heteroatoms. The molecule has 0 aliphatic heterocycles. The molecule has 0 heterocycles. The quantitative estimate of drug-likeness (QED) is 0.0559. The minimum atomic E-state index is 0.999. The van der Waals surface area contributed by atoms with Crippen molar-refractivity contribution in [2.75, 3.05) is 13.2 Å². The molecule has 0 spiro atoms. The average molecular weight is 775 g/mol. The summed E-state index contributed by atoms with van der Waals surface area (Å²) >= 11 is 0.